The fraction of sp³-hybridized carbons (Fsp3) is 0.600. The third-order valence-corrected chi connectivity index (χ3v) is 4.50. The van der Waals surface area contributed by atoms with Gasteiger partial charge in [0.15, 0.2) is 0 Å². The molecule has 25 heavy (non-hydrogen) atoms. The Morgan fingerprint density at radius 1 is 0.920 bits per heavy atom. The molecule has 5 heteroatoms. The maximum atomic E-state index is 12.2. The van der Waals surface area contributed by atoms with E-state index in [0.29, 0.717) is 12.2 Å². The van der Waals surface area contributed by atoms with E-state index in [1.807, 2.05) is 0 Å². The molecule has 0 aromatic heterocycles. The molecule has 0 atom stereocenters. The number of carbonyl (C=O) groups excluding carboxylic acids is 2. The Morgan fingerprint density at radius 2 is 1.52 bits per heavy atom. The molecule has 0 aliphatic rings. The molecule has 1 rings (SSSR count). The third kappa shape index (κ3) is 7.26. The van der Waals surface area contributed by atoms with E-state index in [1.165, 1.54) is 6.92 Å². The number of benzene rings is 1. The summed E-state index contributed by atoms with van der Waals surface area (Å²) in [6, 6.07) is 6.97. The Kier molecular flexibility index (Phi) is 9.21. The first-order chi connectivity index (χ1) is 12.0. The zero-order valence-corrected chi connectivity index (χ0v) is 16.0. The van der Waals surface area contributed by atoms with E-state index in [-0.39, 0.29) is 18.5 Å². The normalized spacial score (nSPS) is 11.2. The van der Waals surface area contributed by atoms with Gasteiger partial charge in [0, 0.05) is 6.92 Å². The van der Waals surface area contributed by atoms with Crippen molar-refractivity contribution in [3.05, 3.63) is 35.4 Å². The van der Waals surface area contributed by atoms with Crippen LogP contribution >= 0.6 is 0 Å². The lowest BCUT2D eigenvalue weighted by Crippen LogP contribution is -2.51. The van der Waals surface area contributed by atoms with Gasteiger partial charge in [-0.25, -0.2) is 4.79 Å². The van der Waals surface area contributed by atoms with Crippen molar-refractivity contribution in [2.75, 3.05) is 32.8 Å². The summed E-state index contributed by atoms with van der Waals surface area (Å²) in [6.45, 7) is 12.8. The molecule has 0 N–H and O–H groups in total. The SMILES string of the molecule is CCC[N+](CC)(CCC)CCOC(=O)c1ccc(COC(C)=O)cc1. The Hall–Kier alpha value is -1.88. The second-order valence-electron chi connectivity index (χ2n) is 6.44. The highest BCUT2D eigenvalue weighted by Gasteiger charge is 2.23. The summed E-state index contributed by atoms with van der Waals surface area (Å²) in [5.74, 6) is -0.624. The van der Waals surface area contributed by atoms with Crippen LogP contribution in [0.1, 0.15) is 56.5 Å². The molecule has 0 aliphatic carbocycles. The van der Waals surface area contributed by atoms with Gasteiger partial charge in [-0.15, -0.1) is 0 Å². The van der Waals surface area contributed by atoms with Crippen molar-refractivity contribution in [3.63, 3.8) is 0 Å². The first kappa shape index (κ1) is 21.2. The van der Waals surface area contributed by atoms with Crippen molar-refractivity contribution in [2.24, 2.45) is 0 Å². The van der Waals surface area contributed by atoms with Crippen LogP contribution in [0.25, 0.3) is 0 Å². The van der Waals surface area contributed by atoms with Crippen LogP contribution in [-0.4, -0.2) is 49.2 Å². The monoisotopic (exact) mass is 350 g/mol. The number of esters is 2. The molecule has 0 bridgehead atoms. The van der Waals surface area contributed by atoms with Gasteiger partial charge in [0.1, 0.15) is 19.8 Å². The van der Waals surface area contributed by atoms with E-state index in [4.69, 9.17) is 9.47 Å². The molecule has 0 saturated heterocycles. The summed E-state index contributed by atoms with van der Waals surface area (Å²) in [5, 5.41) is 0. The van der Waals surface area contributed by atoms with Gasteiger partial charge in [-0.2, -0.15) is 0 Å². The number of quaternary nitrogens is 1. The second-order valence-corrected chi connectivity index (χ2v) is 6.44. The lowest BCUT2D eigenvalue weighted by atomic mass is 10.1. The molecule has 5 nitrogen and oxygen atoms in total. The van der Waals surface area contributed by atoms with Gasteiger partial charge in [-0.3, -0.25) is 4.79 Å². The molecule has 0 radical (unpaired) electrons. The number of rotatable bonds is 11. The van der Waals surface area contributed by atoms with Crippen LogP contribution in [0, 0.1) is 0 Å². The minimum atomic E-state index is -0.319. The minimum absolute atomic E-state index is 0.217. The Labute approximate surface area is 151 Å². The Balaban J connectivity index is 2.53. The van der Waals surface area contributed by atoms with Gasteiger partial charge in [-0.05, 0) is 37.5 Å². The van der Waals surface area contributed by atoms with E-state index in [2.05, 4.69) is 20.8 Å². The van der Waals surface area contributed by atoms with E-state index < -0.39 is 0 Å². The standard InChI is InChI=1S/C20H32NO4/c1-5-12-21(7-3,13-6-2)14-15-24-20(23)19-10-8-18(9-11-19)16-25-17(4)22/h8-11H,5-7,12-16H2,1-4H3/q+1. The number of likely N-dealkylation sites (N-methyl/N-ethyl adjacent to an activating group) is 1. The van der Waals surface area contributed by atoms with Crippen molar-refractivity contribution in [1.82, 2.24) is 0 Å². The van der Waals surface area contributed by atoms with Crippen molar-refractivity contribution in [2.45, 2.75) is 47.1 Å². The lowest BCUT2D eigenvalue weighted by Gasteiger charge is -2.37. The van der Waals surface area contributed by atoms with Crippen LogP contribution in [0.5, 0.6) is 0 Å². The highest BCUT2D eigenvalue weighted by atomic mass is 16.5. The summed E-state index contributed by atoms with van der Waals surface area (Å²) < 4.78 is 11.4. The quantitative estimate of drug-likeness (QED) is 0.452. The largest absolute Gasteiger partial charge is 0.461 e. The molecule has 0 unspecified atom stereocenters. The molecular weight excluding hydrogens is 318 g/mol. The van der Waals surface area contributed by atoms with Gasteiger partial charge in [0.25, 0.3) is 0 Å². The lowest BCUT2D eigenvalue weighted by molar-refractivity contribution is -0.926. The van der Waals surface area contributed by atoms with Gasteiger partial charge in [0.05, 0.1) is 25.2 Å². The van der Waals surface area contributed by atoms with Gasteiger partial charge >= 0.3 is 11.9 Å². The van der Waals surface area contributed by atoms with Crippen LogP contribution in [0.15, 0.2) is 24.3 Å². The van der Waals surface area contributed by atoms with Gasteiger partial charge < -0.3 is 14.0 Å². The van der Waals surface area contributed by atoms with Gasteiger partial charge in [-0.1, -0.05) is 26.0 Å². The fourth-order valence-electron chi connectivity index (χ4n) is 3.10. The van der Waals surface area contributed by atoms with Crippen molar-refractivity contribution in [1.29, 1.82) is 0 Å². The van der Waals surface area contributed by atoms with Crippen LogP contribution < -0.4 is 0 Å². The van der Waals surface area contributed by atoms with E-state index >= 15 is 0 Å². The van der Waals surface area contributed by atoms with E-state index in [1.54, 1.807) is 24.3 Å². The zero-order chi connectivity index (χ0) is 18.7. The topological polar surface area (TPSA) is 52.6 Å². The van der Waals surface area contributed by atoms with Gasteiger partial charge in [0.2, 0.25) is 0 Å². The van der Waals surface area contributed by atoms with Crippen molar-refractivity contribution >= 4 is 11.9 Å². The molecule has 140 valence electrons. The summed E-state index contributed by atoms with van der Waals surface area (Å²) in [7, 11) is 0. The molecule has 0 amide bonds. The molecule has 0 aliphatic heterocycles. The fourth-order valence-corrected chi connectivity index (χ4v) is 3.10. The maximum absolute atomic E-state index is 12.2. The molecule has 1 aromatic rings. The van der Waals surface area contributed by atoms with E-state index in [0.717, 1.165) is 49.1 Å². The van der Waals surface area contributed by atoms with Crippen LogP contribution in [-0.2, 0) is 20.9 Å². The molecular formula is C20H32NO4+. The number of ether oxygens (including phenoxy) is 2. The third-order valence-electron chi connectivity index (χ3n) is 4.50. The average molecular weight is 350 g/mol. The zero-order valence-electron chi connectivity index (χ0n) is 16.0. The van der Waals surface area contributed by atoms with E-state index in [9.17, 15) is 9.59 Å². The number of hydrogen-bond donors (Lipinski definition) is 0. The summed E-state index contributed by atoms with van der Waals surface area (Å²) in [6.07, 6.45) is 2.26. The number of hydrogen-bond acceptors (Lipinski definition) is 4. The predicted octanol–water partition coefficient (Wildman–Crippen LogP) is 3.56. The molecule has 0 saturated carbocycles. The highest BCUT2D eigenvalue weighted by molar-refractivity contribution is 5.89. The summed E-state index contributed by atoms with van der Waals surface area (Å²) in [5.41, 5.74) is 1.37. The van der Waals surface area contributed by atoms with Crippen molar-refractivity contribution in [3.8, 4) is 0 Å². The first-order valence-corrected chi connectivity index (χ1v) is 9.20. The second kappa shape index (κ2) is 10.9. The summed E-state index contributed by atoms with van der Waals surface area (Å²) in [4.78, 5) is 23.0. The predicted molar refractivity (Wildman–Crippen MR) is 98.2 cm³/mol. The molecule has 0 spiro atoms. The Bertz CT molecular complexity index is 533. The summed E-state index contributed by atoms with van der Waals surface area (Å²) >= 11 is 0. The first-order valence-electron chi connectivity index (χ1n) is 9.20. The average Bonchev–Trinajstić information content (AvgIpc) is 2.60. The molecule has 0 fully saturated rings. The Morgan fingerprint density at radius 3 is 2.00 bits per heavy atom. The number of nitrogens with zero attached hydrogens (tertiary/aromatic N) is 1. The van der Waals surface area contributed by atoms with Crippen LogP contribution in [0.2, 0.25) is 0 Å². The molecule has 1 aromatic carbocycles. The van der Waals surface area contributed by atoms with Crippen LogP contribution in [0.4, 0.5) is 0 Å². The maximum Gasteiger partial charge on any atom is 0.338 e. The highest BCUT2D eigenvalue weighted by Crippen LogP contribution is 2.11. The smallest absolute Gasteiger partial charge is 0.338 e. The minimum Gasteiger partial charge on any atom is -0.461 e. The number of carbonyl (C=O) groups is 2. The van der Waals surface area contributed by atoms with Crippen LogP contribution in [0.3, 0.4) is 0 Å². The molecule has 0 heterocycles. The van der Waals surface area contributed by atoms with Crippen molar-refractivity contribution < 1.29 is 23.5 Å².